The summed E-state index contributed by atoms with van der Waals surface area (Å²) in [6.45, 7) is 2.50. The van der Waals surface area contributed by atoms with E-state index in [2.05, 4.69) is 15.3 Å². The number of rotatable bonds is 9. The third-order valence-corrected chi connectivity index (χ3v) is 6.63. The number of hydrogen-bond acceptors (Lipinski definition) is 7. The molecule has 4 rings (SSSR count). The van der Waals surface area contributed by atoms with E-state index < -0.39 is 12.1 Å². The standard InChI is InChI=1S/C27H33N5O5/c1-18-24(37-21-11-7-10-20(16-21)26(33)34)13-12-22(28-18)25-23(32(3)30-29-25)14-15-36-27(35)31(2)17-19-8-5-4-6-9-19/h4-6,8-9,12-13,20-21H,7,10-11,14-17H2,1-3H3,(H,33,34)/t20-,21-/m0/s1. The second kappa shape index (κ2) is 11.9. The van der Waals surface area contributed by atoms with Gasteiger partial charge in [-0.3, -0.25) is 9.48 Å². The lowest BCUT2D eigenvalue weighted by Gasteiger charge is -2.27. The van der Waals surface area contributed by atoms with Crippen molar-refractivity contribution in [2.75, 3.05) is 13.7 Å². The van der Waals surface area contributed by atoms with Crippen molar-refractivity contribution in [3.8, 4) is 17.1 Å². The van der Waals surface area contributed by atoms with Crippen LogP contribution in [-0.4, -0.2) is 61.8 Å². The SMILES string of the molecule is Cc1nc(-c2nnn(C)c2CCOC(=O)N(C)Cc2ccccc2)ccc1O[C@H]1CCC[C@H](C(=O)O)C1. The first-order valence-corrected chi connectivity index (χ1v) is 12.5. The van der Waals surface area contributed by atoms with Gasteiger partial charge in [-0.1, -0.05) is 35.5 Å². The molecule has 1 saturated carbocycles. The van der Waals surface area contributed by atoms with Gasteiger partial charge < -0.3 is 19.5 Å². The van der Waals surface area contributed by atoms with Gasteiger partial charge in [0.2, 0.25) is 0 Å². The molecule has 0 radical (unpaired) electrons. The number of aromatic nitrogens is 4. The highest BCUT2D eigenvalue weighted by Crippen LogP contribution is 2.30. The Labute approximate surface area is 216 Å². The van der Waals surface area contributed by atoms with Gasteiger partial charge >= 0.3 is 12.1 Å². The van der Waals surface area contributed by atoms with Crippen LogP contribution in [0.4, 0.5) is 4.79 Å². The molecule has 2 atom stereocenters. The second-order valence-electron chi connectivity index (χ2n) is 9.44. The van der Waals surface area contributed by atoms with Gasteiger partial charge in [-0.2, -0.15) is 0 Å². The Bertz CT molecular complexity index is 1230. The van der Waals surface area contributed by atoms with Crippen LogP contribution in [0.1, 0.15) is 42.6 Å². The minimum absolute atomic E-state index is 0.136. The van der Waals surface area contributed by atoms with E-state index in [0.29, 0.717) is 48.6 Å². The molecule has 0 saturated heterocycles. The quantitative estimate of drug-likeness (QED) is 0.461. The van der Waals surface area contributed by atoms with E-state index in [1.54, 1.807) is 18.8 Å². The lowest BCUT2D eigenvalue weighted by atomic mass is 9.87. The molecule has 0 unspecified atom stereocenters. The Hall–Kier alpha value is -3.95. The highest BCUT2D eigenvalue weighted by atomic mass is 16.6. The number of pyridine rings is 1. The van der Waals surface area contributed by atoms with Crippen LogP contribution in [-0.2, 0) is 29.5 Å². The fraction of sp³-hybridized carbons (Fsp3) is 0.444. The van der Waals surface area contributed by atoms with Crippen molar-refractivity contribution in [2.24, 2.45) is 13.0 Å². The molecule has 0 spiro atoms. The summed E-state index contributed by atoms with van der Waals surface area (Å²) in [5.74, 6) is -0.483. The van der Waals surface area contributed by atoms with Gasteiger partial charge in [-0.15, -0.1) is 5.10 Å². The third kappa shape index (κ3) is 6.63. The lowest BCUT2D eigenvalue weighted by molar-refractivity contribution is -0.143. The van der Waals surface area contributed by atoms with Crippen molar-refractivity contribution in [2.45, 2.75) is 51.7 Å². The minimum Gasteiger partial charge on any atom is -0.489 e. The maximum Gasteiger partial charge on any atom is 0.409 e. The molecular weight excluding hydrogens is 474 g/mol. The first kappa shape index (κ1) is 26.1. The van der Waals surface area contributed by atoms with Crippen LogP contribution in [0.15, 0.2) is 42.5 Å². The van der Waals surface area contributed by atoms with Gasteiger partial charge in [0.25, 0.3) is 0 Å². The lowest BCUT2D eigenvalue weighted by Crippen LogP contribution is -2.29. The van der Waals surface area contributed by atoms with Gasteiger partial charge in [0.15, 0.2) is 0 Å². The Balaban J connectivity index is 1.36. The summed E-state index contributed by atoms with van der Waals surface area (Å²) in [7, 11) is 3.50. The molecule has 10 nitrogen and oxygen atoms in total. The van der Waals surface area contributed by atoms with Crippen LogP contribution in [0.2, 0.25) is 0 Å². The average Bonchev–Trinajstić information content (AvgIpc) is 3.26. The van der Waals surface area contributed by atoms with Gasteiger partial charge in [0.05, 0.1) is 35.7 Å². The molecule has 1 fully saturated rings. The Kier molecular flexibility index (Phi) is 8.37. The number of carboxylic acids is 1. The van der Waals surface area contributed by atoms with Gasteiger partial charge in [0.1, 0.15) is 11.4 Å². The molecule has 1 aliphatic carbocycles. The zero-order chi connectivity index (χ0) is 26.4. The predicted octanol–water partition coefficient (Wildman–Crippen LogP) is 4.02. The van der Waals surface area contributed by atoms with Crippen LogP contribution in [0, 0.1) is 12.8 Å². The zero-order valence-corrected chi connectivity index (χ0v) is 21.5. The van der Waals surface area contributed by atoms with E-state index in [4.69, 9.17) is 9.47 Å². The molecule has 196 valence electrons. The normalized spacial score (nSPS) is 17.3. The van der Waals surface area contributed by atoms with E-state index >= 15 is 0 Å². The molecule has 0 bridgehead atoms. The summed E-state index contributed by atoms with van der Waals surface area (Å²) in [6, 6.07) is 13.4. The van der Waals surface area contributed by atoms with Crippen LogP contribution in [0.25, 0.3) is 11.4 Å². The van der Waals surface area contributed by atoms with Crippen molar-refractivity contribution in [1.29, 1.82) is 0 Å². The summed E-state index contributed by atoms with van der Waals surface area (Å²) in [4.78, 5) is 30.0. The van der Waals surface area contributed by atoms with E-state index in [1.165, 1.54) is 4.90 Å². The number of aliphatic carboxylic acids is 1. The van der Waals surface area contributed by atoms with Crippen molar-refractivity contribution < 1.29 is 24.2 Å². The highest BCUT2D eigenvalue weighted by molar-refractivity contribution is 5.70. The molecule has 0 aliphatic heterocycles. The molecule has 1 aliphatic rings. The number of carboxylic acid groups (broad SMARTS) is 1. The van der Waals surface area contributed by atoms with Crippen LogP contribution in [0.3, 0.4) is 0 Å². The van der Waals surface area contributed by atoms with Crippen LogP contribution >= 0.6 is 0 Å². The van der Waals surface area contributed by atoms with Crippen molar-refractivity contribution in [1.82, 2.24) is 24.9 Å². The summed E-state index contributed by atoms with van der Waals surface area (Å²) in [6.07, 6.45) is 2.76. The number of hydrogen-bond donors (Lipinski definition) is 1. The first-order valence-electron chi connectivity index (χ1n) is 12.5. The topological polar surface area (TPSA) is 120 Å². The number of nitrogens with zero attached hydrogens (tertiary/aromatic N) is 5. The summed E-state index contributed by atoms with van der Waals surface area (Å²) in [5.41, 5.74) is 3.79. The van der Waals surface area contributed by atoms with Gasteiger partial charge in [0, 0.05) is 27.1 Å². The number of benzene rings is 1. The van der Waals surface area contributed by atoms with E-state index in [0.717, 1.165) is 24.1 Å². The number of carbonyl (C=O) groups excluding carboxylic acids is 1. The smallest absolute Gasteiger partial charge is 0.409 e. The second-order valence-corrected chi connectivity index (χ2v) is 9.44. The zero-order valence-electron chi connectivity index (χ0n) is 21.5. The molecule has 1 amide bonds. The number of amides is 1. The maximum absolute atomic E-state index is 12.4. The van der Waals surface area contributed by atoms with E-state index in [9.17, 15) is 14.7 Å². The van der Waals surface area contributed by atoms with E-state index in [1.807, 2.05) is 49.4 Å². The average molecular weight is 508 g/mol. The molecule has 1 N–H and O–H groups in total. The third-order valence-electron chi connectivity index (χ3n) is 6.63. The van der Waals surface area contributed by atoms with Crippen LogP contribution < -0.4 is 4.74 Å². The number of carbonyl (C=O) groups is 2. The Morgan fingerprint density at radius 1 is 1.16 bits per heavy atom. The summed E-state index contributed by atoms with van der Waals surface area (Å²) < 4.78 is 13.3. The van der Waals surface area contributed by atoms with Crippen molar-refractivity contribution in [3.05, 3.63) is 59.4 Å². The number of aryl methyl sites for hydroxylation is 2. The number of ether oxygens (including phenoxy) is 2. The monoisotopic (exact) mass is 507 g/mol. The van der Waals surface area contributed by atoms with E-state index in [-0.39, 0.29) is 18.6 Å². The highest BCUT2D eigenvalue weighted by Gasteiger charge is 2.28. The fourth-order valence-corrected chi connectivity index (χ4v) is 4.58. The molecule has 10 heteroatoms. The van der Waals surface area contributed by atoms with Crippen molar-refractivity contribution >= 4 is 12.1 Å². The van der Waals surface area contributed by atoms with Gasteiger partial charge in [-0.05, 0) is 50.3 Å². The predicted molar refractivity (Wildman–Crippen MR) is 136 cm³/mol. The Morgan fingerprint density at radius 2 is 1.95 bits per heavy atom. The van der Waals surface area contributed by atoms with Crippen molar-refractivity contribution in [3.63, 3.8) is 0 Å². The van der Waals surface area contributed by atoms with Gasteiger partial charge in [-0.25, -0.2) is 9.78 Å². The molecule has 2 heterocycles. The largest absolute Gasteiger partial charge is 0.489 e. The molecular formula is C27H33N5O5. The Morgan fingerprint density at radius 3 is 2.68 bits per heavy atom. The fourth-order valence-electron chi connectivity index (χ4n) is 4.58. The maximum atomic E-state index is 12.4. The molecule has 2 aromatic heterocycles. The summed E-state index contributed by atoms with van der Waals surface area (Å²) in [5, 5.41) is 17.8. The molecule has 3 aromatic rings. The van der Waals surface area contributed by atoms with Crippen LogP contribution in [0.5, 0.6) is 5.75 Å². The first-order chi connectivity index (χ1) is 17.8. The molecule has 1 aromatic carbocycles. The molecule has 37 heavy (non-hydrogen) atoms. The summed E-state index contributed by atoms with van der Waals surface area (Å²) >= 11 is 0. The minimum atomic E-state index is -0.762.